The van der Waals surface area contributed by atoms with Crippen molar-refractivity contribution in [1.82, 2.24) is 9.97 Å². The van der Waals surface area contributed by atoms with Crippen LogP contribution in [0.5, 0.6) is 5.88 Å². The van der Waals surface area contributed by atoms with Crippen molar-refractivity contribution in [3.05, 3.63) is 12.3 Å². The molecule has 1 N–H and O–H groups in total. The van der Waals surface area contributed by atoms with Crippen LogP contribution in [0.3, 0.4) is 0 Å². The summed E-state index contributed by atoms with van der Waals surface area (Å²) >= 11 is 1.81. The number of hydrogen-bond donors (Lipinski definition) is 1. The van der Waals surface area contributed by atoms with Crippen LogP contribution in [0.2, 0.25) is 0 Å². The van der Waals surface area contributed by atoms with E-state index in [2.05, 4.69) is 35.4 Å². The van der Waals surface area contributed by atoms with Gasteiger partial charge in [0.25, 0.3) is 0 Å². The van der Waals surface area contributed by atoms with E-state index in [9.17, 15) is 0 Å². The number of thioether (sulfide) groups is 1. The lowest BCUT2D eigenvalue weighted by atomic mass is 10.2. The molecule has 0 radical (unpaired) electrons. The molecule has 5 heteroatoms. The molecule has 0 saturated heterocycles. The monoisotopic (exact) mass is 255 g/mol. The number of hydrogen-bond acceptors (Lipinski definition) is 5. The van der Waals surface area contributed by atoms with Crippen molar-refractivity contribution in [1.29, 1.82) is 0 Å². The maximum absolute atomic E-state index is 5.52. The number of rotatable bonds is 6. The molecule has 17 heavy (non-hydrogen) atoms. The predicted octanol–water partition coefficient (Wildman–Crippen LogP) is 2.82. The van der Waals surface area contributed by atoms with Crippen LogP contribution in [0, 0.1) is 0 Å². The average molecular weight is 255 g/mol. The van der Waals surface area contributed by atoms with Crippen molar-refractivity contribution in [2.24, 2.45) is 0 Å². The van der Waals surface area contributed by atoms with Gasteiger partial charge in [0.05, 0.1) is 6.10 Å². The summed E-state index contributed by atoms with van der Waals surface area (Å²) in [6, 6.07) is 1.77. The van der Waals surface area contributed by atoms with Gasteiger partial charge in [-0.1, -0.05) is 0 Å². The minimum Gasteiger partial charge on any atom is -0.475 e. The molecule has 0 amide bonds. The highest BCUT2D eigenvalue weighted by atomic mass is 32.2. The standard InChI is InChI=1S/C12H21N3OS/c1-9(2)16-10-6-7-13-11(15-10)14-8-12(3,4)17-5/h6-7,9H,8H2,1-5H3,(H,13,14,15). The molecule has 0 aliphatic carbocycles. The number of ether oxygens (including phenoxy) is 1. The number of aromatic nitrogens is 2. The Bertz CT molecular complexity index is 355. The summed E-state index contributed by atoms with van der Waals surface area (Å²) < 4.78 is 5.68. The highest BCUT2D eigenvalue weighted by Crippen LogP contribution is 2.21. The van der Waals surface area contributed by atoms with Crippen LogP contribution in [0.1, 0.15) is 27.7 Å². The molecule has 0 saturated carbocycles. The second-order valence-corrected chi connectivity index (χ2v) is 6.22. The van der Waals surface area contributed by atoms with E-state index < -0.39 is 0 Å². The summed E-state index contributed by atoms with van der Waals surface area (Å²) in [5.74, 6) is 1.23. The van der Waals surface area contributed by atoms with Crippen LogP contribution in [-0.2, 0) is 0 Å². The van der Waals surface area contributed by atoms with Crippen molar-refractivity contribution >= 4 is 17.7 Å². The summed E-state index contributed by atoms with van der Waals surface area (Å²) in [7, 11) is 0. The molecule has 0 bridgehead atoms. The molecule has 0 aliphatic rings. The SMILES string of the molecule is CSC(C)(C)CNc1nccc(OC(C)C)n1. The fourth-order valence-corrected chi connectivity index (χ4v) is 1.32. The lowest BCUT2D eigenvalue weighted by molar-refractivity contribution is 0.232. The molecule has 0 fully saturated rings. The van der Waals surface area contributed by atoms with Gasteiger partial charge in [-0.2, -0.15) is 16.7 Å². The van der Waals surface area contributed by atoms with Crippen LogP contribution < -0.4 is 10.1 Å². The number of nitrogens with zero attached hydrogens (tertiary/aromatic N) is 2. The Morgan fingerprint density at radius 1 is 1.47 bits per heavy atom. The zero-order valence-electron chi connectivity index (χ0n) is 11.2. The van der Waals surface area contributed by atoms with Gasteiger partial charge in [-0.3, -0.25) is 0 Å². The van der Waals surface area contributed by atoms with Gasteiger partial charge in [-0.25, -0.2) is 4.98 Å². The second kappa shape index (κ2) is 6.10. The quantitative estimate of drug-likeness (QED) is 0.847. The van der Waals surface area contributed by atoms with Crippen LogP contribution in [0.15, 0.2) is 12.3 Å². The zero-order valence-corrected chi connectivity index (χ0v) is 12.0. The van der Waals surface area contributed by atoms with E-state index in [0.29, 0.717) is 11.8 Å². The molecular formula is C12H21N3OS. The fourth-order valence-electron chi connectivity index (χ4n) is 1.10. The molecule has 0 unspecified atom stereocenters. The van der Waals surface area contributed by atoms with Gasteiger partial charge >= 0.3 is 0 Å². The Kier molecular flexibility index (Phi) is 5.05. The maximum atomic E-state index is 5.52. The van der Waals surface area contributed by atoms with Gasteiger partial charge in [0.15, 0.2) is 0 Å². The van der Waals surface area contributed by atoms with E-state index in [1.165, 1.54) is 0 Å². The number of anilines is 1. The third-order valence-corrected chi connectivity index (χ3v) is 3.46. The zero-order chi connectivity index (χ0) is 12.9. The first-order chi connectivity index (χ1) is 7.93. The van der Waals surface area contributed by atoms with Crippen LogP contribution in [0.25, 0.3) is 0 Å². The summed E-state index contributed by atoms with van der Waals surface area (Å²) in [5.41, 5.74) is 0. The van der Waals surface area contributed by atoms with Crippen molar-refractivity contribution in [3.63, 3.8) is 0 Å². The van der Waals surface area contributed by atoms with Gasteiger partial charge < -0.3 is 10.1 Å². The predicted molar refractivity (Wildman–Crippen MR) is 73.9 cm³/mol. The summed E-state index contributed by atoms with van der Waals surface area (Å²) in [6.45, 7) is 9.13. The Balaban J connectivity index is 2.60. The molecule has 1 heterocycles. The third kappa shape index (κ3) is 5.26. The van der Waals surface area contributed by atoms with E-state index in [1.807, 2.05) is 25.6 Å². The van der Waals surface area contributed by atoms with Crippen molar-refractivity contribution in [3.8, 4) is 5.88 Å². The van der Waals surface area contributed by atoms with Crippen LogP contribution >= 0.6 is 11.8 Å². The summed E-state index contributed by atoms with van der Waals surface area (Å²) in [4.78, 5) is 8.47. The minimum atomic E-state index is 0.125. The molecule has 4 nitrogen and oxygen atoms in total. The fraction of sp³-hybridized carbons (Fsp3) is 0.667. The van der Waals surface area contributed by atoms with Crippen molar-refractivity contribution < 1.29 is 4.74 Å². The Hall–Kier alpha value is -0.970. The van der Waals surface area contributed by atoms with E-state index >= 15 is 0 Å². The summed E-state index contributed by atoms with van der Waals surface area (Å²) in [6.07, 6.45) is 3.93. The average Bonchev–Trinajstić information content (AvgIpc) is 2.26. The van der Waals surface area contributed by atoms with Gasteiger partial charge in [0.2, 0.25) is 11.8 Å². The largest absolute Gasteiger partial charge is 0.475 e. The van der Waals surface area contributed by atoms with E-state index in [-0.39, 0.29) is 10.9 Å². The van der Waals surface area contributed by atoms with Crippen LogP contribution in [-0.4, -0.2) is 33.6 Å². The molecule has 0 atom stereocenters. The minimum absolute atomic E-state index is 0.125. The molecule has 1 aromatic rings. The van der Waals surface area contributed by atoms with E-state index in [4.69, 9.17) is 4.74 Å². The first-order valence-electron chi connectivity index (χ1n) is 5.72. The first kappa shape index (κ1) is 14.1. The van der Waals surface area contributed by atoms with Gasteiger partial charge in [-0.05, 0) is 34.0 Å². The van der Waals surface area contributed by atoms with Gasteiger partial charge in [0, 0.05) is 23.6 Å². The lowest BCUT2D eigenvalue weighted by Crippen LogP contribution is -2.26. The number of nitrogens with one attached hydrogen (secondary N) is 1. The second-order valence-electron chi connectivity index (χ2n) is 4.70. The molecule has 1 aromatic heterocycles. The lowest BCUT2D eigenvalue weighted by Gasteiger charge is -2.22. The Morgan fingerprint density at radius 2 is 2.18 bits per heavy atom. The Morgan fingerprint density at radius 3 is 2.76 bits per heavy atom. The molecule has 0 aliphatic heterocycles. The Labute approximate surface area is 108 Å². The topological polar surface area (TPSA) is 47.0 Å². The first-order valence-corrected chi connectivity index (χ1v) is 6.94. The van der Waals surface area contributed by atoms with E-state index in [0.717, 1.165) is 6.54 Å². The maximum Gasteiger partial charge on any atom is 0.225 e. The van der Waals surface area contributed by atoms with Crippen molar-refractivity contribution in [2.75, 3.05) is 18.1 Å². The van der Waals surface area contributed by atoms with Gasteiger partial charge in [-0.15, -0.1) is 0 Å². The molecule has 1 rings (SSSR count). The highest BCUT2D eigenvalue weighted by Gasteiger charge is 2.16. The highest BCUT2D eigenvalue weighted by molar-refractivity contribution is 7.99. The molecule has 0 spiro atoms. The third-order valence-electron chi connectivity index (χ3n) is 2.21. The molecule has 0 aromatic carbocycles. The summed E-state index contributed by atoms with van der Waals surface area (Å²) in [5, 5.41) is 3.23. The normalized spacial score (nSPS) is 11.6. The van der Waals surface area contributed by atoms with Crippen LogP contribution in [0.4, 0.5) is 5.95 Å². The molecular weight excluding hydrogens is 234 g/mol. The smallest absolute Gasteiger partial charge is 0.225 e. The van der Waals surface area contributed by atoms with E-state index in [1.54, 1.807) is 12.3 Å². The van der Waals surface area contributed by atoms with Gasteiger partial charge in [0.1, 0.15) is 0 Å². The van der Waals surface area contributed by atoms with Crippen molar-refractivity contribution in [2.45, 2.75) is 38.5 Å². The molecule has 96 valence electrons.